The molecule has 134 valence electrons. The number of nitrogen functional groups attached to an aromatic ring is 1. The van der Waals surface area contributed by atoms with Gasteiger partial charge in [0.2, 0.25) is 11.0 Å². The van der Waals surface area contributed by atoms with Crippen molar-refractivity contribution >= 4 is 51.7 Å². The van der Waals surface area contributed by atoms with Crippen molar-refractivity contribution in [1.29, 1.82) is 0 Å². The monoisotopic (exact) mass is 400 g/mol. The number of carbonyl (C=O) groups excluding carboxylic acids is 2. The zero-order valence-corrected chi connectivity index (χ0v) is 15.8. The number of anilines is 1. The quantitative estimate of drug-likeness (QED) is 0.518. The summed E-state index contributed by atoms with van der Waals surface area (Å²) in [5.41, 5.74) is 6.17. The maximum Gasteiger partial charge on any atom is 0.308 e. The van der Waals surface area contributed by atoms with Crippen LogP contribution in [0.1, 0.15) is 24.9 Å². The second-order valence-electron chi connectivity index (χ2n) is 4.85. The molecule has 3 N–H and O–H groups in total. The van der Waals surface area contributed by atoms with Crippen LogP contribution in [0.25, 0.3) is 0 Å². The van der Waals surface area contributed by atoms with E-state index in [9.17, 15) is 9.59 Å². The van der Waals surface area contributed by atoms with E-state index in [2.05, 4.69) is 15.5 Å². The van der Waals surface area contributed by atoms with Gasteiger partial charge >= 0.3 is 5.97 Å². The number of hydrogen-bond donors (Lipinski definition) is 2. The van der Waals surface area contributed by atoms with Crippen LogP contribution in [0.5, 0.6) is 0 Å². The number of halogens is 1. The summed E-state index contributed by atoms with van der Waals surface area (Å²) in [4.78, 5) is 24.1. The van der Waals surface area contributed by atoms with Gasteiger partial charge in [-0.15, -0.1) is 10.2 Å². The zero-order valence-electron chi connectivity index (χ0n) is 13.4. The lowest BCUT2D eigenvalue weighted by Crippen LogP contribution is -2.32. The SMILES string of the molecule is CCOC(=O)C[C@H](NC(=O)CSc1nnc(N)s1)c1ccccc1Cl. The van der Waals surface area contributed by atoms with Gasteiger partial charge < -0.3 is 15.8 Å². The van der Waals surface area contributed by atoms with Crippen LogP contribution in [0.15, 0.2) is 28.6 Å². The van der Waals surface area contributed by atoms with Crippen molar-refractivity contribution in [3.63, 3.8) is 0 Å². The van der Waals surface area contributed by atoms with Gasteiger partial charge in [0.05, 0.1) is 24.8 Å². The van der Waals surface area contributed by atoms with E-state index in [0.717, 1.165) is 0 Å². The van der Waals surface area contributed by atoms with E-state index in [-0.39, 0.29) is 24.7 Å². The van der Waals surface area contributed by atoms with Gasteiger partial charge in [0.25, 0.3) is 0 Å². The van der Waals surface area contributed by atoms with Crippen LogP contribution >= 0.6 is 34.7 Å². The molecule has 0 unspecified atom stereocenters. The number of esters is 1. The molecule has 0 saturated heterocycles. The number of benzene rings is 1. The minimum Gasteiger partial charge on any atom is -0.466 e. The van der Waals surface area contributed by atoms with E-state index in [1.165, 1.54) is 23.1 Å². The normalized spacial score (nSPS) is 11.8. The molecule has 0 spiro atoms. The molecule has 0 bridgehead atoms. The Kier molecular flexibility index (Phi) is 7.48. The fraction of sp³-hybridized carbons (Fsp3) is 0.333. The molecule has 0 radical (unpaired) electrons. The fourth-order valence-electron chi connectivity index (χ4n) is 2.03. The van der Waals surface area contributed by atoms with Gasteiger partial charge in [0.15, 0.2) is 4.34 Å². The molecular formula is C15H17ClN4O3S2. The predicted molar refractivity (Wildman–Crippen MR) is 98.6 cm³/mol. The van der Waals surface area contributed by atoms with Crippen molar-refractivity contribution in [2.24, 2.45) is 0 Å². The number of carbonyl (C=O) groups is 2. The lowest BCUT2D eigenvalue weighted by atomic mass is 10.0. The molecule has 2 aromatic rings. The highest BCUT2D eigenvalue weighted by atomic mass is 35.5. The Hall–Kier alpha value is -1.84. The third kappa shape index (κ3) is 6.18. The Morgan fingerprint density at radius 2 is 2.16 bits per heavy atom. The average molecular weight is 401 g/mol. The Morgan fingerprint density at radius 3 is 2.80 bits per heavy atom. The summed E-state index contributed by atoms with van der Waals surface area (Å²) in [5, 5.41) is 11.2. The van der Waals surface area contributed by atoms with Crippen LogP contribution in [-0.4, -0.2) is 34.4 Å². The first-order valence-corrected chi connectivity index (χ1v) is 9.58. The number of ether oxygens (including phenoxy) is 1. The lowest BCUT2D eigenvalue weighted by molar-refractivity contribution is -0.143. The minimum absolute atomic E-state index is 0.000262. The van der Waals surface area contributed by atoms with Crippen LogP contribution < -0.4 is 11.1 Å². The lowest BCUT2D eigenvalue weighted by Gasteiger charge is -2.19. The van der Waals surface area contributed by atoms with Crippen molar-refractivity contribution in [2.75, 3.05) is 18.1 Å². The molecule has 1 heterocycles. The number of rotatable bonds is 8. The van der Waals surface area contributed by atoms with Gasteiger partial charge in [-0.2, -0.15) is 0 Å². The molecule has 0 saturated carbocycles. The van der Waals surface area contributed by atoms with E-state index in [1.807, 2.05) is 0 Å². The fourth-order valence-corrected chi connectivity index (χ4v) is 3.74. The van der Waals surface area contributed by atoms with Crippen LogP contribution in [-0.2, 0) is 14.3 Å². The van der Waals surface area contributed by atoms with Crippen molar-refractivity contribution in [3.05, 3.63) is 34.9 Å². The number of aromatic nitrogens is 2. The summed E-state index contributed by atoms with van der Waals surface area (Å²) >= 11 is 8.63. The van der Waals surface area contributed by atoms with Gasteiger partial charge in [0.1, 0.15) is 0 Å². The molecule has 1 amide bonds. The highest BCUT2D eigenvalue weighted by Crippen LogP contribution is 2.27. The topological polar surface area (TPSA) is 107 Å². The molecule has 1 aromatic heterocycles. The molecule has 0 fully saturated rings. The van der Waals surface area contributed by atoms with E-state index in [4.69, 9.17) is 22.1 Å². The van der Waals surface area contributed by atoms with Crippen LogP contribution in [0.4, 0.5) is 5.13 Å². The van der Waals surface area contributed by atoms with Gasteiger partial charge in [-0.1, -0.05) is 52.9 Å². The highest BCUT2D eigenvalue weighted by Gasteiger charge is 2.21. The molecule has 7 nitrogen and oxygen atoms in total. The number of nitrogens with zero attached hydrogens (tertiary/aromatic N) is 2. The largest absolute Gasteiger partial charge is 0.466 e. The number of amides is 1. The molecule has 10 heteroatoms. The Balaban J connectivity index is 2.03. The van der Waals surface area contributed by atoms with Gasteiger partial charge in [-0.3, -0.25) is 9.59 Å². The van der Waals surface area contributed by atoms with Crippen LogP contribution in [0.2, 0.25) is 5.02 Å². The first-order chi connectivity index (χ1) is 12.0. The third-order valence-corrected chi connectivity index (χ3v) is 5.27. The second-order valence-corrected chi connectivity index (χ2v) is 7.48. The maximum atomic E-state index is 12.3. The number of nitrogens with two attached hydrogens (primary N) is 1. The van der Waals surface area contributed by atoms with Crippen molar-refractivity contribution in [2.45, 2.75) is 23.7 Å². The highest BCUT2D eigenvalue weighted by molar-refractivity contribution is 8.01. The molecule has 1 aromatic carbocycles. The first kappa shape index (κ1) is 19.5. The Bertz CT molecular complexity index is 741. The van der Waals surface area contributed by atoms with Crippen LogP contribution in [0.3, 0.4) is 0 Å². The zero-order chi connectivity index (χ0) is 18.2. The third-order valence-electron chi connectivity index (χ3n) is 3.04. The molecule has 2 rings (SSSR count). The van der Waals surface area contributed by atoms with Gasteiger partial charge in [-0.05, 0) is 18.6 Å². The first-order valence-electron chi connectivity index (χ1n) is 7.40. The standard InChI is InChI=1S/C15H17ClN4O3S2/c1-2-23-13(22)7-11(9-5-3-4-6-10(9)16)18-12(21)8-24-15-20-19-14(17)25-15/h3-6,11H,2,7-8H2,1H3,(H2,17,19)(H,18,21)/t11-/m0/s1. The molecule has 25 heavy (non-hydrogen) atoms. The average Bonchev–Trinajstić information content (AvgIpc) is 2.98. The molecule has 0 aliphatic carbocycles. The molecular weight excluding hydrogens is 384 g/mol. The molecule has 1 atom stereocenters. The van der Waals surface area contributed by atoms with Crippen LogP contribution in [0, 0.1) is 0 Å². The van der Waals surface area contributed by atoms with Crippen molar-refractivity contribution in [3.8, 4) is 0 Å². The summed E-state index contributed by atoms with van der Waals surface area (Å²) in [5.74, 6) is -0.538. The van der Waals surface area contributed by atoms with E-state index >= 15 is 0 Å². The van der Waals surface area contributed by atoms with Gasteiger partial charge in [-0.25, -0.2) is 0 Å². The van der Waals surface area contributed by atoms with E-state index in [0.29, 0.717) is 20.1 Å². The minimum atomic E-state index is -0.569. The number of thioether (sulfide) groups is 1. The number of hydrogen-bond acceptors (Lipinski definition) is 8. The smallest absolute Gasteiger partial charge is 0.308 e. The summed E-state index contributed by atoms with van der Waals surface area (Å²) in [6.07, 6.45) is -0.000262. The second kappa shape index (κ2) is 9.59. The summed E-state index contributed by atoms with van der Waals surface area (Å²) in [7, 11) is 0. The van der Waals surface area contributed by atoms with E-state index in [1.54, 1.807) is 31.2 Å². The van der Waals surface area contributed by atoms with Crippen molar-refractivity contribution < 1.29 is 14.3 Å². The number of nitrogens with one attached hydrogen (secondary N) is 1. The summed E-state index contributed by atoms with van der Waals surface area (Å²) < 4.78 is 5.58. The van der Waals surface area contributed by atoms with Gasteiger partial charge in [0, 0.05) is 5.02 Å². The van der Waals surface area contributed by atoms with E-state index < -0.39 is 12.0 Å². The Labute approximate surface area is 158 Å². The molecule has 0 aliphatic heterocycles. The van der Waals surface area contributed by atoms with Crippen molar-refractivity contribution in [1.82, 2.24) is 15.5 Å². The molecule has 0 aliphatic rings. The maximum absolute atomic E-state index is 12.3. The summed E-state index contributed by atoms with van der Waals surface area (Å²) in [6.45, 7) is 2.00. The predicted octanol–water partition coefficient (Wildman–Crippen LogP) is 2.68. The Morgan fingerprint density at radius 1 is 1.40 bits per heavy atom. The summed E-state index contributed by atoms with van der Waals surface area (Å²) in [6, 6.07) is 6.49.